The van der Waals surface area contributed by atoms with E-state index in [9.17, 15) is 18.5 Å². The Morgan fingerprint density at radius 1 is 1.00 bits per heavy atom. The van der Waals surface area contributed by atoms with Crippen molar-refractivity contribution in [2.24, 2.45) is 0 Å². The predicted molar refractivity (Wildman–Crippen MR) is 236 cm³/mol. The number of methoxy groups -OCH3 is 1. The third-order valence-electron chi connectivity index (χ3n) is 10.6. The predicted octanol–water partition coefficient (Wildman–Crippen LogP) is 8.82. The smallest absolute Gasteiger partial charge is 0.293 e. The number of anilines is 3. The molecule has 1 unspecified atom stereocenters. The highest BCUT2D eigenvalue weighted by atomic mass is 32.2. The van der Waals surface area contributed by atoms with Crippen molar-refractivity contribution in [3.8, 4) is 11.1 Å². The van der Waals surface area contributed by atoms with Gasteiger partial charge in [0.1, 0.15) is 12.0 Å². The van der Waals surface area contributed by atoms with Gasteiger partial charge in [0.2, 0.25) is 0 Å². The molecule has 1 aliphatic heterocycles. The molecular formula is C43H47N7O5S3. The van der Waals surface area contributed by atoms with Gasteiger partial charge in [-0.15, -0.1) is 11.8 Å². The molecule has 2 aromatic heterocycles. The van der Waals surface area contributed by atoms with E-state index in [0.717, 1.165) is 62.0 Å². The number of thioether (sulfide) groups is 1. The lowest BCUT2D eigenvalue weighted by Gasteiger charge is -2.42. The third kappa shape index (κ3) is 9.79. The molecule has 6 aromatic rings. The zero-order chi connectivity index (χ0) is 40.7. The van der Waals surface area contributed by atoms with Crippen molar-refractivity contribution in [2.75, 3.05) is 61.5 Å². The maximum atomic E-state index is 13.8. The molecule has 58 heavy (non-hydrogen) atoms. The summed E-state index contributed by atoms with van der Waals surface area (Å²) < 4.78 is 36.4. The second-order valence-electron chi connectivity index (χ2n) is 14.7. The van der Waals surface area contributed by atoms with Gasteiger partial charge >= 0.3 is 0 Å². The van der Waals surface area contributed by atoms with Crippen molar-refractivity contribution in [3.63, 3.8) is 0 Å². The van der Waals surface area contributed by atoms with E-state index in [-0.39, 0.29) is 33.7 Å². The quantitative estimate of drug-likeness (QED) is 0.0517. The Bertz CT molecular complexity index is 2440. The van der Waals surface area contributed by atoms with E-state index in [1.165, 1.54) is 35.2 Å². The number of fused-ring (bicyclic) bond motifs is 1. The Labute approximate surface area is 347 Å². The number of aromatic nitrogens is 2. The van der Waals surface area contributed by atoms with Gasteiger partial charge in [0.15, 0.2) is 5.82 Å². The van der Waals surface area contributed by atoms with E-state index in [4.69, 9.17) is 4.74 Å². The number of ether oxygens (including phenoxy) is 1. The number of nitrogens with zero attached hydrogens (tertiary/aromatic N) is 5. The molecule has 2 N–H and O–H groups in total. The summed E-state index contributed by atoms with van der Waals surface area (Å²) in [4.78, 5) is 25.7. The highest BCUT2D eigenvalue weighted by Gasteiger charge is 2.36. The first-order valence-electron chi connectivity index (χ1n) is 19.1. The second-order valence-corrected chi connectivity index (χ2v) is 18.3. The summed E-state index contributed by atoms with van der Waals surface area (Å²) in [6, 6.07) is 30.2. The highest BCUT2D eigenvalue weighted by molar-refractivity contribution is 7.99. The Morgan fingerprint density at radius 3 is 2.50 bits per heavy atom. The Hall–Kier alpha value is -5.06. The number of benzene rings is 4. The molecule has 3 heterocycles. The molecule has 4 aromatic carbocycles. The van der Waals surface area contributed by atoms with Crippen LogP contribution in [-0.2, 0) is 21.2 Å². The molecule has 1 aliphatic rings. The molecule has 7 rings (SSSR count). The lowest BCUT2D eigenvalue weighted by atomic mass is 9.83. The van der Waals surface area contributed by atoms with Crippen LogP contribution in [0.15, 0.2) is 124 Å². The van der Waals surface area contributed by atoms with E-state index in [0.29, 0.717) is 16.7 Å². The van der Waals surface area contributed by atoms with Crippen LogP contribution in [0.3, 0.4) is 0 Å². The van der Waals surface area contributed by atoms with Crippen LogP contribution in [0.2, 0.25) is 0 Å². The van der Waals surface area contributed by atoms with Crippen LogP contribution in [0.5, 0.6) is 0 Å². The fraction of sp³-hybridized carbons (Fsp3) is 0.302. The van der Waals surface area contributed by atoms with Crippen LogP contribution < -0.4 is 14.9 Å². The van der Waals surface area contributed by atoms with Gasteiger partial charge in [-0.1, -0.05) is 42.5 Å². The lowest BCUT2D eigenvalue weighted by molar-refractivity contribution is -0.384. The maximum absolute atomic E-state index is 13.8. The van der Waals surface area contributed by atoms with Crippen LogP contribution in [0, 0.1) is 10.1 Å². The van der Waals surface area contributed by atoms with Crippen LogP contribution in [0.4, 0.5) is 22.9 Å². The van der Waals surface area contributed by atoms with Crippen LogP contribution in [-0.4, -0.2) is 86.4 Å². The molecule has 1 fully saturated rings. The topological polar surface area (TPSA) is 143 Å². The van der Waals surface area contributed by atoms with Crippen molar-refractivity contribution in [3.05, 3.63) is 130 Å². The fourth-order valence-electron chi connectivity index (χ4n) is 7.35. The van der Waals surface area contributed by atoms with Gasteiger partial charge in [-0.25, -0.2) is 18.4 Å². The van der Waals surface area contributed by atoms with Gasteiger partial charge in [0, 0.05) is 60.5 Å². The molecule has 1 saturated heterocycles. The SMILES string of the molecule is COC1(Cc2ccccc2-c2ccsc2)CCN(c2ccc3c(NS(=O)(=O)c4ccc(NC(CCN(C)C)CSc5ccccc5)c([N+](=O)[O-])c4)ncnc3c2)CC1. The van der Waals surface area contributed by atoms with E-state index < -0.39 is 14.9 Å². The Kier molecular flexibility index (Phi) is 12.9. The number of nitro groups is 1. The normalized spacial score (nSPS) is 14.7. The van der Waals surface area contributed by atoms with Crippen molar-refractivity contribution in [1.29, 1.82) is 0 Å². The summed E-state index contributed by atoms with van der Waals surface area (Å²) in [5.41, 5.74) is 4.90. The first-order chi connectivity index (χ1) is 28.0. The van der Waals surface area contributed by atoms with E-state index >= 15 is 0 Å². The van der Waals surface area contributed by atoms with Gasteiger partial charge in [0.25, 0.3) is 15.7 Å². The van der Waals surface area contributed by atoms with E-state index in [2.05, 4.69) is 70.9 Å². The number of sulfonamides is 1. The summed E-state index contributed by atoms with van der Waals surface area (Å²) in [5.74, 6) is 0.750. The van der Waals surface area contributed by atoms with Gasteiger partial charge in [0.05, 0.1) is 20.9 Å². The number of thiophene rings is 1. The zero-order valence-electron chi connectivity index (χ0n) is 32.7. The minimum absolute atomic E-state index is 0.0874. The molecule has 0 radical (unpaired) electrons. The van der Waals surface area contributed by atoms with Gasteiger partial charge in [-0.2, -0.15) is 11.3 Å². The van der Waals surface area contributed by atoms with E-state index in [1.54, 1.807) is 30.2 Å². The number of rotatable bonds is 17. The first kappa shape index (κ1) is 41.1. The number of hydrogen-bond donors (Lipinski definition) is 2. The van der Waals surface area contributed by atoms with Crippen molar-refractivity contribution < 1.29 is 18.1 Å². The highest BCUT2D eigenvalue weighted by Crippen LogP contribution is 2.37. The second kappa shape index (κ2) is 18.2. The molecule has 0 saturated carbocycles. The fourth-order valence-corrected chi connectivity index (χ4v) is 10.1. The molecule has 12 nitrogen and oxygen atoms in total. The zero-order valence-corrected chi connectivity index (χ0v) is 35.2. The minimum Gasteiger partial charge on any atom is -0.378 e. The van der Waals surface area contributed by atoms with Crippen LogP contribution in [0.25, 0.3) is 22.0 Å². The van der Waals surface area contributed by atoms with Gasteiger partial charge in [-0.3, -0.25) is 14.8 Å². The number of nitrogens with one attached hydrogen (secondary N) is 2. The third-order valence-corrected chi connectivity index (χ3v) is 13.8. The molecule has 15 heteroatoms. The summed E-state index contributed by atoms with van der Waals surface area (Å²) in [6.45, 7) is 2.32. The monoisotopic (exact) mass is 837 g/mol. The lowest BCUT2D eigenvalue weighted by Crippen LogP contribution is -2.47. The van der Waals surface area contributed by atoms with Crippen LogP contribution in [0.1, 0.15) is 24.8 Å². The van der Waals surface area contributed by atoms with Gasteiger partial charge in [-0.05, 0) is 116 Å². The Balaban J connectivity index is 1.05. The number of nitro benzene ring substituents is 1. The summed E-state index contributed by atoms with van der Waals surface area (Å²) in [7, 11) is 1.49. The summed E-state index contributed by atoms with van der Waals surface area (Å²) in [5, 5.41) is 20.4. The molecule has 0 spiro atoms. The summed E-state index contributed by atoms with van der Waals surface area (Å²) >= 11 is 3.35. The molecule has 0 bridgehead atoms. The van der Waals surface area contributed by atoms with Crippen molar-refractivity contribution in [1.82, 2.24) is 14.9 Å². The molecule has 0 aliphatic carbocycles. The molecule has 302 valence electrons. The number of piperidine rings is 1. The first-order valence-corrected chi connectivity index (χ1v) is 22.5. The minimum atomic E-state index is -4.27. The Morgan fingerprint density at radius 2 is 1.78 bits per heavy atom. The molecule has 0 amide bonds. The average molecular weight is 838 g/mol. The average Bonchev–Trinajstić information content (AvgIpc) is 3.77. The number of hydrogen-bond acceptors (Lipinski definition) is 12. The van der Waals surface area contributed by atoms with Crippen LogP contribution >= 0.6 is 23.1 Å². The van der Waals surface area contributed by atoms with E-state index in [1.807, 2.05) is 62.6 Å². The summed E-state index contributed by atoms with van der Waals surface area (Å²) in [6.07, 6.45) is 4.52. The molecular weight excluding hydrogens is 791 g/mol. The van der Waals surface area contributed by atoms with Crippen molar-refractivity contribution >= 4 is 66.9 Å². The van der Waals surface area contributed by atoms with Crippen molar-refractivity contribution in [2.45, 2.75) is 47.1 Å². The molecule has 1 atom stereocenters. The largest absolute Gasteiger partial charge is 0.378 e. The maximum Gasteiger partial charge on any atom is 0.293 e. The standard InChI is InChI=1S/C43H47N7O5S3/c1-48(2)21-17-33(29-57-35-10-5-4-6-11-35)46-39-16-14-36(26-41(39)50(51)52)58(53,54)47-42-38-15-13-34(25-40(38)44-30-45-42)49-22-19-43(55-3,20-23-49)27-31-9-7-8-12-37(31)32-18-24-56-28-32/h4-16,18,24-26,28,30,33,46H,17,19-23,27,29H2,1-3H3,(H,44,45,47). The van der Waals surface area contributed by atoms with Gasteiger partial charge < -0.3 is 19.9 Å².